The second kappa shape index (κ2) is 7.45. The van der Waals surface area contributed by atoms with Crippen LogP contribution < -0.4 is 10.1 Å². The molecule has 2 aromatic carbocycles. The van der Waals surface area contributed by atoms with Crippen molar-refractivity contribution in [3.63, 3.8) is 0 Å². The number of carbonyl (C=O) groups is 1. The second-order valence-corrected chi connectivity index (χ2v) is 5.90. The molecule has 0 fully saturated rings. The lowest BCUT2D eigenvalue weighted by Gasteiger charge is -2.21. The average Bonchev–Trinajstić information content (AvgIpc) is 2.58. The maximum Gasteiger partial charge on any atom is 0.251 e. The van der Waals surface area contributed by atoms with Crippen LogP contribution in [0.25, 0.3) is 0 Å². The number of rotatable bonds is 5. The van der Waals surface area contributed by atoms with Gasteiger partial charge in [-0.1, -0.05) is 12.1 Å². The Hall–Kier alpha value is -2.40. The zero-order valence-corrected chi connectivity index (χ0v) is 14.3. The highest BCUT2D eigenvalue weighted by atomic mass is 19.1. The topological polar surface area (TPSA) is 58.6 Å². The van der Waals surface area contributed by atoms with Gasteiger partial charge in [0.15, 0.2) is 0 Å². The number of aliphatic hydroxyl groups is 1. The molecule has 24 heavy (non-hydrogen) atoms. The number of halogens is 1. The summed E-state index contributed by atoms with van der Waals surface area (Å²) < 4.78 is 18.7. The van der Waals surface area contributed by atoms with E-state index in [0.29, 0.717) is 28.0 Å². The Morgan fingerprint density at radius 1 is 1.17 bits per heavy atom. The fourth-order valence-electron chi connectivity index (χ4n) is 2.54. The fourth-order valence-corrected chi connectivity index (χ4v) is 2.54. The molecule has 0 aliphatic rings. The van der Waals surface area contributed by atoms with E-state index in [9.17, 15) is 14.3 Å². The van der Waals surface area contributed by atoms with Crippen LogP contribution in [0.4, 0.5) is 4.39 Å². The SMILES string of the molecule is COc1ccc(C(O)C(C)NC(=O)c2cc(C)c(F)c(C)c2)cc1. The third-order valence-electron chi connectivity index (χ3n) is 3.99. The van der Waals surface area contributed by atoms with E-state index < -0.39 is 12.1 Å². The summed E-state index contributed by atoms with van der Waals surface area (Å²) in [5.41, 5.74) is 1.89. The number of hydrogen-bond acceptors (Lipinski definition) is 3. The average molecular weight is 331 g/mol. The van der Waals surface area contributed by atoms with E-state index in [2.05, 4.69) is 5.32 Å². The van der Waals surface area contributed by atoms with Gasteiger partial charge in [0.1, 0.15) is 11.6 Å². The smallest absolute Gasteiger partial charge is 0.251 e. The summed E-state index contributed by atoms with van der Waals surface area (Å²) >= 11 is 0. The Bertz CT molecular complexity index is 705. The minimum atomic E-state index is -0.859. The van der Waals surface area contributed by atoms with Gasteiger partial charge in [0.2, 0.25) is 0 Å². The number of benzene rings is 2. The summed E-state index contributed by atoms with van der Waals surface area (Å²) in [7, 11) is 1.57. The molecule has 0 radical (unpaired) electrons. The molecule has 2 aromatic rings. The highest BCUT2D eigenvalue weighted by Gasteiger charge is 2.20. The molecular weight excluding hydrogens is 309 g/mol. The van der Waals surface area contributed by atoms with Crippen LogP contribution in [0.1, 0.15) is 40.1 Å². The first kappa shape index (κ1) is 17.9. The molecular formula is C19H22FNO3. The Labute approximate surface area is 141 Å². The van der Waals surface area contributed by atoms with Gasteiger partial charge in [-0.3, -0.25) is 4.79 Å². The Kier molecular flexibility index (Phi) is 5.57. The highest BCUT2D eigenvalue weighted by molar-refractivity contribution is 5.94. The van der Waals surface area contributed by atoms with Crippen molar-refractivity contribution in [1.29, 1.82) is 0 Å². The van der Waals surface area contributed by atoms with Gasteiger partial charge in [-0.05, 0) is 61.7 Å². The number of amides is 1. The van der Waals surface area contributed by atoms with E-state index in [1.807, 2.05) is 0 Å². The number of ether oxygens (including phenoxy) is 1. The van der Waals surface area contributed by atoms with Gasteiger partial charge in [0, 0.05) is 5.56 Å². The van der Waals surface area contributed by atoms with Gasteiger partial charge < -0.3 is 15.2 Å². The first-order chi connectivity index (χ1) is 11.3. The predicted molar refractivity (Wildman–Crippen MR) is 90.8 cm³/mol. The molecule has 0 aliphatic heterocycles. The Balaban J connectivity index is 2.10. The molecule has 1 amide bonds. The van der Waals surface area contributed by atoms with Crippen LogP contribution in [0.3, 0.4) is 0 Å². The number of nitrogens with one attached hydrogen (secondary N) is 1. The standard InChI is InChI=1S/C19H22FNO3/c1-11-9-15(10-12(2)17(11)20)19(23)21-13(3)18(22)14-5-7-16(24-4)8-6-14/h5-10,13,18,22H,1-4H3,(H,21,23). The third-order valence-corrected chi connectivity index (χ3v) is 3.99. The number of methoxy groups -OCH3 is 1. The Morgan fingerprint density at radius 3 is 2.21 bits per heavy atom. The summed E-state index contributed by atoms with van der Waals surface area (Å²) in [6, 6.07) is 9.50. The van der Waals surface area contributed by atoms with Crippen molar-refractivity contribution in [2.24, 2.45) is 0 Å². The molecule has 2 rings (SSSR count). The first-order valence-corrected chi connectivity index (χ1v) is 7.73. The van der Waals surface area contributed by atoms with E-state index in [1.54, 1.807) is 52.1 Å². The molecule has 4 nitrogen and oxygen atoms in total. The van der Waals surface area contributed by atoms with Gasteiger partial charge >= 0.3 is 0 Å². The summed E-state index contributed by atoms with van der Waals surface area (Å²) in [6.45, 7) is 4.96. The molecule has 2 unspecified atom stereocenters. The highest BCUT2D eigenvalue weighted by Crippen LogP contribution is 2.21. The van der Waals surface area contributed by atoms with Crippen LogP contribution in [0, 0.1) is 19.7 Å². The second-order valence-electron chi connectivity index (χ2n) is 5.90. The number of hydrogen-bond donors (Lipinski definition) is 2. The van der Waals surface area contributed by atoms with Gasteiger partial charge in [-0.25, -0.2) is 4.39 Å². The summed E-state index contributed by atoms with van der Waals surface area (Å²) in [6.07, 6.45) is -0.859. The quantitative estimate of drug-likeness (QED) is 0.884. The van der Waals surface area contributed by atoms with E-state index in [1.165, 1.54) is 12.1 Å². The summed E-state index contributed by atoms with van der Waals surface area (Å²) in [5, 5.41) is 13.1. The van der Waals surface area contributed by atoms with Crippen molar-refractivity contribution in [1.82, 2.24) is 5.32 Å². The Morgan fingerprint density at radius 2 is 1.71 bits per heavy atom. The van der Waals surface area contributed by atoms with Gasteiger partial charge in [-0.15, -0.1) is 0 Å². The zero-order valence-electron chi connectivity index (χ0n) is 14.3. The molecule has 0 bridgehead atoms. The predicted octanol–water partition coefficient (Wildman–Crippen LogP) is 3.30. The van der Waals surface area contributed by atoms with Crippen molar-refractivity contribution in [3.8, 4) is 5.75 Å². The molecule has 0 saturated heterocycles. The zero-order chi connectivity index (χ0) is 17.9. The van der Waals surface area contributed by atoms with Crippen LogP contribution in [0.15, 0.2) is 36.4 Å². The van der Waals surface area contributed by atoms with Crippen molar-refractivity contribution in [2.75, 3.05) is 7.11 Å². The number of carbonyl (C=O) groups excluding carboxylic acids is 1. The molecule has 0 saturated carbocycles. The van der Waals surface area contributed by atoms with Crippen LogP contribution in [0.5, 0.6) is 5.75 Å². The maximum atomic E-state index is 13.7. The third kappa shape index (κ3) is 3.92. The first-order valence-electron chi connectivity index (χ1n) is 7.73. The summed E-state index contributed by atoms with van der Waals surface area (Å²) in [4.78, 5) is 12.3. The minimum absolute atomic E-state index is 0.308. The van der Waals surface area contributed by atoms with E-state index in [4.69, 9.17) is 4.74 Å². The monoisotopic (exact) mass is 331 g/mol. The molecule has 0 aromatic heterocycles. The van der Waals surface area contributed by atoms with Gasteiger partial charge in [-0.2, -0.15) is 0 Å². The van der Waals surface area contributed by atoms with E-state index in [0.717, 1.165) is 0 Å². The van der Waals surface area contributed by atoms with Gasteiger partial charge in [0.25, 0.3) is 5.91 Å². The maximum absolute atomic E-state index is 13.7. The lowest BCUT2D eigenvalue weighted by Crippen LogP contribution is -2.37. The molecule has 2 N–H and O–H groups in total. The summed E-state index contributed by atoms with van der Waals surface area (Å²) in [5.74, 6) is 0.0408. The van der Waals surface area contributed by atoms with Crippen molar-refractivity contribution in [2.45, 2.75) is 32.9 Å². The minimum Gasteiger partial charge on any atom is -0.497 e. The lowest BCUT2D eigenvalue weighted by atomic mass is 10.0. The van der Waals surface area contributed by atoms with Crippen LogP contribution >= 0.6 is 0 Å². The van der Waals surface area contributed by atoms with E-state index in [-0.39, 0.29) is 11.7 Å². The van der Waals surface area contributed by atoms with E-state index >= 15 is 0 Å². The molecule has 0 heterocycles. The molecule has 128 valence electrons. The van der Waals surface area contributed by atoms with Crippen LogP contribution in [-0.2, 0) is 0 Å². The molecule has 5 heteroatoms. The van der Waals surface area contributed by atoms with Crippen molar-refractivity contribution in [3.05, 3.63) is 64.5 Å². The van der Waals surface area contributed by atoms with Crippen molar-refractivity contribution >= 4 is 5.91 Å². The molecule has 0 aliphatic carbocycles. The molecule has 0 spiro atoms. The number of aliphatic hydroxyl groups excluding tert-OH is 1. The number of aryl methyl sites for hydroxylation is 2. The van der Waals surface area contributed by atoms with Crippen molar-refractivity contribution < 1.29 is 19.0 Å². The fraction of sp³-hybridized carbons (Fsp3) is 0.316. The van der Waals surface area contributed by atoms with Gasteiger partial charge in [0.05, 0.1) is 19.3 Å². The van der Waals surface area contributed by atoms with Crippen LogP contribution in [0.2, 0.25) is 0 Å². The van der Waals surface area contributed by atoms with Crippen LogP contribution in [-0.4, -0.2) is 24.2 Å². The lowest BCUT2D eigenvalue weighted by molar-refractivity contribution is 0.0851. The molecule has 2 atom stereocenters. The largest absolute Gasteiger partial charge is 0.497 e. The normalized spacial score (nSPS) is 13.2.